The average molecular weight is 399 g/mol. The summed E-state index contributed by atoms with van der Waals surface area (Å²) < 4.78 is 0. The van der Waals surface area contributed by atoms with E-state index in [1.165, 1.54) is 70.6 Å². The van der Waals surface area contributed by atoms with Crippen LogP contribution in [0.5, 0.6) is 0 Å². The fraction of sp³-hybridized carbons (Fsp3) is 0.700. The van der Waals surface area contributed by atoms with Gasteiger partial charge < -0.3 is 22.7 Å². The number of aromatic amines is 1. The number of carbonyl (C=O) groups excluding carboxylic acids is 1. The highest BCUT2D eigenvalue weighted by molar-refractivity contribution is 5.93. The van der Waals surface area contributed by atoms with E-state index in [0.717, 1.165) is 18.5 Å². The second-order valence-corrected chi connectivity index (χ2v) is 6.57. The summed E-state index contributed by atoms with van der Waals surface area (Å²) in [6.45, 7) is 2.27. The fourth-order valence-electron chi connectivity index (χ4n) is 3.05. The normalized spacial score (nSPS) is 10.4. The topological polar surface area (TPSA) is 57.2 Å². The molecule has 1 amide bonds. The largest absolute Gasteiger partial charge is 1.00 e. The summed E-state index contributed by atoms with van der Waals surface area (Å²) in [6.07, 6.45) is 18.9. The number of hydrogen-bond acceptors (Lipinski definition) is 1. The first-order chi connectivity index (χ1) is 11.3. The van der Waals surface area contributed by atoms with E-state index < -0.39 is 0 Å². The third-order valence-electron chi connectivity index (χ3n) is 4.49. The van der Waals surface area contributed by atoms with Crippen LogP contribution in [0.4, 0.5) is 0 Å². The van der Waals surface area contributed by atoms with Gasteiger partial charge in [-0.3, -0.25) is 4.79 Å². The number of unbranched alkanes of at least 4 members (excludes halogenated alkanes) is 11. The minimum absolute atomic E-state index is 0. The number of rotatable bonds is 14. The highest BCUT2D eigenvalue weighted by Crippen LogP contribution is 2.13. The van der Waals surface area contributed by atoms with Crippen molar-refractivity contribution in [3.8, 4) is 0 Å². The van der Waals surface area contributed by atoms with E-state index in [4.69, 9.17) is 5.73 Å². The molecule has 1 aromatic rings. The maximum absolute atomic E-state index is 11.3. The van der Waals surface area contributed by atoms with E-state index in [1.807, 2.05) is 12.3 Å². The molecule has 1 aromatic heterocycles. The third kappa shape index (κ3) is 10.8. The van der Waals surface area contributed by atoms with Gasteiger partial charge in [0.15, 0.2) is 11.9 Å². The van der Waals surface area contributed by atoms with Crippen LogP contribution in [0.25, 0.3) is 0 Å². The molecular formula is C20H35BrN2O. The highest BCUT2D eigenvalue weighted by Gasteiger charge is 2.12. The molecule has 3 N–H and O–H groups in total. The van der Waals surface area contributed by atoms with E-state index >= 15 is 0 Å². The zero-order valence-corrected chi connectivity index (χ0v) is 16.9. The molecular weight excluding hydrogens is 364 g/mol. The standard InChI is InChI=1S/C20H34N2O.BrH/c1-2-3-4-5-6-7-8-9-10-11-12-13-16-19-18(20(21)23)15-14-17-22-19;/h14-15,17H,2-13,16H2,1H3,(H2,21,23);1H. The number of amides is 1. The zero-order chi connectivity index (χ0) is 16.8. The second-order valence-electron chi connectivity index (χ2n) is 6.57. The molecule has 0 atom stereocenters. The molecule has 3 nitrogen and oxygen atoms in total. The van der Waals surface area contributed by atoms with E-state index in [9.17, 15) is 4.79 Å². The van der Waals surface area contributed by atoms with E-state index in [0.29, 0.717) is 5.56 Å². The van der Waals surface area contributed by atoms with Gasteiger partial charge in [-0.2, -0.15) is 0 Å². The van der Waals surface area contributed by atoms with Crippen LogP contribution in [0.2, 0.25) is 0 Å². The Morgan fingerprint density at radius 1 is 0.917 bits per heavy atom. The molecule has 0 saturated heterocycles. The van der Waals surface area contributed by atoms with Crippen molar-refractivity contribution < 1.29 is 26.8 Å². The first kappa shape index (κ1) is 23.1. The smallest absolute Gasteiger partial charge is 0.255 e. The minimum Gasteiger partial charge on any atom is -1.00 e. The molecule has 138 valence electrons. The molecule has 0 saturated carbocycles. The van der Waals surface area contributed by atoms with Crippen molar-refractivity contribution in [3.05, 3.63) is 29.6 Å². The molecule has 0 fully saturated rings. The number of carbonyl (C=O) groups is 1. The predicted octanol–water partition coefficient (Wildman–Crippen LogP) is 1.85. The lowest BCUT2D eigenvalue weighted by Crippen LogP contribution is -3.00. The molecule has 0 aliphatic heterocycles. The Morgan fingerprint density at radius 2 is 1.42 bits per heavy atom. The van der Waals surface area contributed by atoms with Crippen LogP contribution in [0.1, 0.15) is 100 Å². The zero-order valence-electron chi connectivity index (χ0n) is 15.3. The van der Waals surface area contributed by atoms with E-state index in [-0.39, 0.29) is 22.9 Å². The van der Waals surface area contributed by atoms with Gasteiger partial charge in [0, 0.05) is 12.5 Å². The van der Waals surface area contributed by atoms with Crippen LogP contribution in [0.3, 0.4) is 0 Å². The molecule has 0 spiro atoms. The Hall–Kier alpha value is -0.900. The molecule has 0 aromatic carbocycles. The maximum atomic E-state index is 11.3. The Kier molecular flexibility index (Phi) is 15.0. The van der Waals surface area contributed by atoms with Gasteiger partial charge in [-0.15, -0.1) is 0 Å². The lowest BCUT2D eigenvalue weighted by atomic mass is 10.0. The SMILES string of the molecule is CCCCCCCCCCCCCCc1[nH+]cccc1C(N)=O.[Br-]. The number of nitrogens with two attached hydrogens (primary N) is 1. The highest BCUT2D eigenvalue weighted by atomic mass is 79.9. The number of aromatic nitrogens is 1. The summed E-state index contributed by atoms with van der Waals surface area (Å²) in [4.78, 5) is 14.5. The molecule has 0 aliphatic carbocycles. The van der Waals surface area contributed by atoms with Gasteiger partial charge in [-0.1, -0.05) is 77.6 Å². The summed E-state index contributed by atoms with van der Waals surface area (Å²) in [5.74, 6) is -0.337. The van der Waals surface area contributed by atoms with Crippen molar-refractivity contribution in [2.24, 2.45) is 5.73 Å². The van der Waals surface area contributed by atoms with Gasteiger partial charge >= 0.3 is 0 Å². The fourth-order valence-corrected chi connectivity index (χ4v) is 3.05. The molecule has 0 bridgehead atoms. The van der Waals surface area contributed by atoms with Crippen molar-refractivity contribution in [3.63, 3.8) is 0 Å². The Labute approximate surface area is 158 Å². The summed E-state index contributed by atoms with van der Waals surface area (Å²) >= 11 is 0. The monoisotopic (exact) mass is 398 g/mol. The van der Waals surface area contributed by atoms with Crippen LogP contribution in [0.15, 0.2) is 18.3 Å². The van der Waals surface area contributed by atoms with Gasteiger partial charge in [-0.05, 0) is 12.5 Å². The number of primary amides is 1. The van der Waals surface area contributed by atoms with Gasteiger partial charge in [0.05, 0.1) is 0 Å². The van der Waals surface area contributed by atoms with Crippen LogP contribution in [0, 0.1) is 0 Å². The van der Waals surface area contributed by atoms with Crippen molar-refractivity contribution >= 4 is 5.91 Å². The Balaban J connectivity index is 0.00000529. The molecule has 1 rings (SSSR count). The molecule has 24 heavy (non-hydrogen) atoms. The molecule has 0 aliphatic rings. The van der Waals surface area contributed by atoms with Crippen molar-refractivity contribution in [1.29, 1.82) is 0 Å². The van der Waals surface area contributed by atoms with Crippen molar-refractivity contribution in [1.82, 2.24) is 0 Å². The molecule has 4 heteroatoms. The lowest BCUT2D eigenvalue weighted by molar-refractivity contribution is -0.390. The molecule has 0 radical (unpaired) electrons. The van der Waals surface area contributed by atoms with Crippen LogP contribution >= 0.6 is 0 Å². The Morgan fingerprint density at radius 3 is 1.92 bits per heavy atom. The number of aryl methyl sites for hydroxylation is 1. The van der Waals surface area contributed by atoms with Gasteiger partial charge in [0.1, 0.15) is 5.56 Å². The van der Waals surface area contributed by atoms with E-state index in [1.54, 1.807) is 6.07 Å². The second kappa shape index (κ2) is 15.6. The van der Waals surface area contributed by atoms with Crippen molar-refractivity contribution in [2.75, 3.05) is 0 Å². The van der Waals surface area contributed by atoms with Crippen LogP contribution < -0.4 is 27.7 Å². The maximum Gasteiger partial charge on any atom is 0.255 e. The van der Waals surface area contributed by atoms with Crippen LogP contribution in [-0.4, -0.2) is 5.91 Å². The predicted molar refractivity (Wildman–Crippen MR) is 96.3 cm³/mol. The quantitative estimate of drug-likeness (QED) is 0.477. The number of H-pyrrole nitrogens is 1. The molecule has 1 heterocycles. The van der Waals surface area contributed by atoms with Crippen LogP contribution in [-0.2, 0) is 6.42 Å². The Bertz CT molecular complexity index is 437. The first-order valence-electron chi connectivity index (χ1n) is 9.55. The summed E-state index contributed by atoms with van der Waals surface area (Å²) in [5, 5.41) is 0. The lowest BCUT2D eigenvalue weighted by Gasteiger charge is -2.03. The van der Waals surface area contributed by atoms with Gasteiger partial charge in [0.2, 0.25) is 0 Å². The molecule has 0 unspecified atom stereocenters. The third-order valence-corrected chi connectivity index (χ3v) is 4.49. The number of nitrogens with one attached hydrogen (secondary N) is 1. The number of halogens is 1. The summed E-state index contributed by atoms with van der Waals surface area (Å²) in [5.41, 5.74) is 7.01. The number of hydrogen-bond donors (Lipinski definition) is 1. The van der Waals surface area contributed by atoms with Crippen molar-refractivity contribution in [2.45, 2.75) is 90.4 Å². The summed E-state index contributed by atoms with van der Waals surface area (Å²) in [6, 6.07) is 3.63. The van der Waals surface area contributed by atoms with E-state index in [2.05, 4.69) is 11.9 Å². The number of pyridine rings is 1. The summed E-state index contributed by atoms with van der Waals surface area (Å²) in [7, 11) is 0. The first-order valence-corrected chi connectivity index (χ1v) is 9.55. The average Bonchev–Trinajstić information content (AvgIpc) is 2.56. The van der Waals surface area contributed by atoms with Gasteiger partial charge in [-0.25, -0.2) is 4.98 Å². The minimum atomic E-state index is -0.337. The van der Waals surface area contributed by atoms with Gasteiger partial charge in [0.25, 0.3) is 5.91 Å².